The summed E-state index contributed by atoms with van der Waals surface area (Å²) in [5, 5.41) is 18.8. The summed E-state index contributed by atoms with van der Waals surface area (Å²) < 4.78 is 11.4. The third-order valence-electron chi connectivity index (χ3n) is 7.62. The zero-order valence-electron chi connectivity index (χ0n) is 23.6. The van der Waals surface area contributed by atoms with Crippen molar-refractivity contribution in [3.8, 4) is 11.1 Å². The highest BCUT2D eigenvalue weighted by atomic mass is 16.6. The number of aromatic nitrogens is 2. The average molecular weight is 561 g/mol. The van der Waals surface area contributed by atoms with Gasteiger partial charge >= 0.3 is 18.2 Å². The summed E-state index contributed by atoms with van der Waals surface area (Å²) in [6, 6.07) is 17.5. The van der Waals surface area contributed by atoms with Crippen molar-refractivity contribution >= 4 is 18.2 Å². The number of ether oxygens (including phenoxy) is 2. The van der Waals surface area contributed by atoms with E-state index in [2.05, 4.69) is 39.8 Å². The van der Waals surface area contributed by atoms with Gasteiger partial charge in [-0.3, -0.25) is 10.00 Å². The first kappa shape index (κ1) is 28.2. The lowest BCUT2D eigenvalue weighted by atomic mass is 9.90. The zero-order chi connectivity index (χ0) is 29.1. The molecule has 1 saturated carbocycles. The third kappa shape index (κ3) is 6.53. The van der Waals surface area contributed by atoms with E-state index < -0.39 is 23.8 Å². The van der Waals surface area contributed by atoms with E-state index in [0.717, 1.165) is 22.3 Å². The number of hydrogen-bond acceptors (Lipinski definition) is 6. The number of fused-ring (bicyclic) bond motifs is 3. The summed E-state index contributed by atoms with van der Waals surface area (Å²) in [4.78, 5) is 38.9. The highest BCUT2D eigenvalue weighted by Crippen LogP contribution is 2.44. The van der Waals surface area contributed by atoms with Gasteiger partial charge in [0.2, 0.25) is 0 Å². The Hall–Kier alpha value is -4.34. The summed E-state index contributed by atoms with van der Waals surface area (Å²) in [6.45, 7) is 5.77. The summed E-state index contributed by atoms with van der Waals surface area (Å²) in [7, 11) is 0. The molecule has 10 heteroatoms. The van der Waals surface area contributed by atoms with E-state index in [-0.39, 0.29) is 36.8 Å². The van der Waals surface area contributed by atoms with Crippen LogP contribution in [0.5, 0.6) is 0 Å². The second kappa shape index (κ2) is 11.6. The lowest BCUT2D eigenvalue weighted by molar-refractivity contribution is 0.0453. The van der Waals surface area contributed by atoms with Gasteiger partial charge in [0.25, 0.3) is 0 Å². The maximum Gasteiger partial charge on any atom is 0.410 e. The van der Waals surface area contributed by atoms with E-state index >= 15 is 0 Å². The van der Waals surface area contributed by atoms with Gasteiger partial charge in [0.15, 0.2) is 5.69 Å². The van der Waals surface area contributed by atoms with Crippen molar-refractivity contribution in [3.05, 3.63) is 77.1 Å². The molecule has 0 bridgehead atoms. The SMILES string of the molecule is CC(C)(C)OC(=O)NC1CCC(N(Cc2cc(C(=O)O)n[nH]2)C(=O)OCC2c3ccccc3-c3ccccc32)CC1. The van der Waals surface area contributed by atoms with Gasteiger partial charge in [-0.25, -0.2) is 14.4 Å². The number of carbonyl (C=O) groups excluding carboxylic acids is 2. The van der Waals surface area contributed by atoms with Gasteiger partial charge in [-0.2, -0.15) is 5.10 Å². The van der Waals surface area contributed by atoms with Crippen LogP contribution in [0.4, 0.5) is 9.59 Å². The molecule has 2 aliphatic carbocycles. The molecule has 10 nitrogen and oxygen atoms in total. The Bertz CT molecular complexity index is 1370. The predicted octanol–water partition coefficient (Wildman–Crippen LogP) is 5.69. The van der Waals surface area contributed by atoms with Crippen LogP contribution < -0.4 is 5.32 Å². The maximum absolute atomic E-state index is 13.6. The minimum absolute atomic E-state index is 0.0590. The molecule has 3 N–H and O–H groups in total. The Kier molecular flexibility index (Phi) is 8.01. The number of aromatic carboxylic acids is 1. The molecular weight excluding hydrogens is 524 g/mol. The summed E-state index contributed by atoms with van der Waals surface area (Å²) in [5.74, 6) is -1.22. The van der Waals surface area contributed by atoms with Crippen LogP contribution in [-0.2, 0) is 16.0 Å². The van der Waals surface area contributed by atoms with Crippen LogP contribution in [0, 0.1) is 0 Å². The predicted molar refractivity (Wildman–Crippen MR) is 152 cm³/mol. The molecule has 1 fully saturated rings. The van der Waals surface area contributed by atoms with Gasteiger partial charge in [-0.15, -0.1) is 0 Å². The van der Waals surface area contributed by atoms with Crippen LogP contribution in [0.1, 0.15) is 79.7 Å². The van der Waals surface area contributed by atoms with Crippen molar-refractivity contribution < 1.29 is 29.0 Å². The number of nitrogens with one attached hydrogen (secondary N) is 2. The fourth-order valence-corrected chi connectivity index (χ4v) is 5.76. The third-order valence-corrected chi connectivity index (χ3v) is 7.62. The Morgan fingerprint density at radius 1 is 1.00 bits per heavy atom. The molecule has 2 amide bonds. The van der Waals surface area contributed by atoms with E-state index in [1.54, 1.807) is 4.90 Å². The Balaban J connectivity index is 1.28. The van der Waals surface area contributed by atoms with E-state index in [4.69, 9.17) is 9.47 Å². The standard InChI is InChI=1S/C31H36N4O6/c1-31(2,3)41-29(38)32-19-12-14-21(15-13-19)35(17-20-16-27(28(36)37)34-33-20)30(39)40-18-26-24-10-6-4-8-22(24)23-9-5-7-11-25(23)26/h4-11,16,19,21,26H,12-15,17-18H2,1-3H3,(H,32,38)(H,33,34)(H,36,37). The van der Waals surface area contributed by atoms with Crippen molar-refractivity contribution in [2.24, 2.45) is 0 Å². The molecule has 216 valence electrons. The second-order valence-electron chi connectivity index (χ2n) is 11.7. The smallest absolute Gasteiger partial charge is 0.410 e. The Labute approximate surface area is 239 Å². The molecule has 0 aliphatic heterocycles. The number of nitrogens with zero attached hydrogens (tertiary/aromatic N) is 2. The van der Waals surface area contributed by atoms with Crippen molar-refractivity contribution in [1.82, 2.24) is 20.4 Å². The van der Waals surface area contributed by atoms with Crippen LogP contribution in [0.15, 0.2) is 54.6 Å². The van der Waals surface area contributed by atoms with Gasteiger partial charge in [-0.1, -0.05) is 48.5 Å². The number of hydrogen-bond donors (Lipinski definition) is 3. The van der Waals surface area contributed by atoms with E-state index in [1.807, 2.05) is 45.0 Å². The minimum Gasteiger partial charge on any atom is -0.476 e. The van der Waals surface area contributed by atoms with Gasteiger partial charge < -0.3 is 19.9 Å². The molecule has 1 aromatic heterocycles. The van der Waals surface area contributed by atoms with Crippen molar-refractivity contribution in [1.29, 1.82) is 0 Å². The van der Waals surface area contributed by atoms with Crippen LogP contribution in [0.3, 0.4) is 0 Å². The number of carbonyl (C=O) groups is 3. The highest BCUT2D eigenvalue weighted by molar-refractivity contribution is 5.85. The number of carboxylic acid groups (broad SMARTS) is 1. The number of rotatable bonds is 7. The van der Waals surface area contributed by atoms with Gasteiger partial charge in [0.05, 0.1) is 12.2 Å². The first-order chi connectivity index (χ1) is 19.6. The molecule has 0 saturated heterocycles. The van der Waals surface area contributed by atoms with E-state index in [9.17, 15) is 19.5 Å². The fraction of sp³-hybridized carbons (Fsp3) is 0.419. The molecule has 41 heavy (non-hydrogen) atoms. The molecule has 1 heterocycles. The quantitative estimate of drug-likeness (QED) is 0.338. The number of alkyl carbamates (subject to hydrolysis) is 1. The molecule has 3 aromatic rings. The number of aromatic amines is 1. The summed E-state index contributed by atoms with van der Waals surface area (Å²) in [5.41, 5.74) is 4.36. The number of carboxylic acids is 1. The lowest BCUT2D eigenvalue weighted by Gasteiger charge is -2.36. The topological polar surface area (TPSA) is 134 Å². The Morgan fingerprint density at radius 2 is 1.61 bits per heavy atom. The van der Waals surface area contributed by atoms with Crippen LogP contribution >= 0.6 is 0 Å². The molecule has 0 spiro atoms. The highest BCUT2D eigenvalue weighted by Gasteiger charge is 2.34. The van der Waals surface area contributed by atoms with Crippen LogP contribution in [0.2, 0.25) is 0 Å². The number of amides is 2. The van der Waals surface area contributed by atoms with Crippen LogP contribution in [-0.4, -0.2) is 62.7 Å². The molecule has 0 radical (unpaired) electrons. The molecule has 5 rings (SSSR count). The maximum atomic E-state index is 13.6. The first-order valence-corrected chi connectivity index (χ1v) is 14.0. The molecule has 2 aliphatic rings. The van der Waals surface area contributed by atoms with Gasteiger partial charge in [-0.05, 0) is 74.8 Å². The number of H-pyrrole nitrogens is 1. The van der Waals surface area contributed by atoms with Crippen molar-refractivity contribution in [2.75, 3.05) is 6.61 Å². The van der Waals surface area contributed by atoms with Gasteiger partial charge in [0.1, 0.15) is 12.2 Å². The number of benzene rings is 2. The van der Waals surface area contributed by atoms with Crippen molar-refractivity contribution in [2.45, 2.75) is 76.6 Å². The molecule has 0 atom stereocenters. The summed E-state index contributed by atoms with van der Waals surface area (Å²) in [6.07, 6.45) is 1.70. The fourth-order valence-electron chi connectivity index (χ4n) is 5.76. The monoisotopic (exact) mass is 560 g/mol. The van der Waals surface area contributed by atoms with Gasteiger partial charge in [0, 0.05) is 18.0 Å². The lowest BCUT2D eigenvalue weighted by Crippen LogP contribution is -2.47. The van der Waals surface area contributed by atoms with E-state index in [1.165, 1.54) is 6.07 Å². The minimum atomic E-state index is -1.14. The average Bonchev–Trinajstić information content (AvgIpc) is 3.53. The largest absolute Gasteiger partial charge is 0.476 e. The second-order valence-corrected chi connectivity index (χ2v) is 11.7. The normalized spacial score (nSPS) is 18.2. The molecule has 0 unspecified atom stereocenters. The van der Waals surface area contributed by atoms with E-state index in [0.29, 0.717) is 31.4 Å². The Morgan fingerprint density at radius 3 is 2.17 bits per heavy atom. The van der Waals surface area contributed by atoms with Crippen molar-refractivity contribution in [3.63, 3.8) is 0 Å². The van der Waals surface area contributed by atoms with Crippen LogP contribution in [0.25, 0.3) is 11.1 Å². The molecular formula is C31H36N4O6. The first-order valence-electron chi connectivity index (χ1n) is 14.0. The zero-order valence-corrected chi connectivity index (χ0v) is 23.6. The molecule has 2 aromatic carbocycles. The summed E-state index contributed by atoms with van der Waals surface area (Å²) >= 11 is 0.